The largest absolute Gasteiger partial charge is 0.402 e. The molecular formula is C7H14N2O. The van der Waals surface area contributed by atoms with Crippen molar-refractivity contribution < 1.29 is 4.79 Å². The van der Waals surface area contributed by atoms with Gasteiger partial charge in [0, 0.05) is 18.3 Å². The Morgan fingerprint density at radius 3 is 2.20 bits per heavy atom. The lowest BCUT2D eigenvalue weighted by molar-refractivity contribution is -0.117. The zero-order valence-electron chi connectivity index (χ0n) is 6.69. The summed E-state index contributed by atoms with van der Waals surface area (Å²) < 4.78 is 0. The second kappa shape index (κ2) is 3.93. The van der Waals surface area contributed by atoms with Gasteiger partial charge >= 0.3 is 0 Å². The van der Waals surface area contributed by atoms with E-state index in [1.54, 1.807) is 14.0 Å². The normalized spacial score (nSPS) is 12.3. The molecule has 0 aliphatic rings. The van der Waals surface area contributed by atoms with Gasteiger partial charge in [-0.05, 0) is 13.3 Å². The highest BCUT2D eigenvalue weighted by molar-refractivity contribution is 5.93. The van der Waals surface area contributed by atoms with Crippen LogP contribution in [0.3, 0.4) is 0 Å². The van der Waals surface area contributed by atoms with Crippen LogP contribution in [-0.4, -0.2) is 13.0 Å². The molecule has 3 N–H and O–H groups in total. The van der Waals surface area contributed by atoms with Crippen LogP contribution in [0.2, 0.25) is 0 Å². The molecule has 0 aliphatic carbocycles. The lowest BCUT2D eigenvalue weighted by Crippen LogP contribution is -2.22. The number of hydrogen-bond donors (Lipinski definition) is 2. The molecule has 0 aromatic rings. The Labute approximate surface area is 61.3 Å². The highest BCUT2D eigenvalue weighted by Crippen LogP contribution is 2.02. The Bertz CT molecular complexity index is 157. The molecule has 0 atom stereocenters. The highest BCUT2D eigenvalue weighted by Gasteiger charge is 2.05. The fourth-order valence-corrected chi connectivity index (χ4v) is 0.769. The Balaban J connectivity index is 4.37. The molecule has 3 nitrogen and oxygen atoms in total. The van der Waals surface area contributed by atoms with Gasteiger partial charge in [-0.1, -0.05) is 6.92 Å². The first-order chi connectivity index (χ1) is 4.63. The van der Waals surface area contributed by atoms with Gasteiger partial charge in [-0.15, -0.1) is 0 Å². The van der Waals surface area contributed by atoms with E-state index in [4.69, 9.17) is 5.73 Å². The van der Waals surface area contributed by atoms with Crippen LogP contribution < -0.4 is 11.1 Å². The van der Waals surface area contributed by atoms with Crippen molar-refractivity contribution in [1.29, 1.82) is 0 Å². The standard InChI is InChI=1S/C7H14N2O/c1-4-6(5(2)8)7(10)9-3/h4,8H2,1-3H3,(H,9,10)/b6-5-. The van der Waals surface area contributed by atoms with Gasteiger partial charge in [0.1, 0.15) is 0 Å². The number of amides is 1. The van der Waals surface area contributed by atoms with Gasteiger partial charge in [0.2, 0.25) is 5.91 Å². The van der Waals surface area contributed by atoms with Crippen molar-refractivity contribution in [3.8, 4) is 0 Å². The maximum absolute atomic E-state index is 10.9. The van der Waals surface area contributed by atoms with Crippen LogP contribution in [-0.2, 0) is 4.79 Å². The SMILES string of the molecule is CC/C(C(=O)NC)=C(\C)N. The number of carbonyl (C=O) groups excluding carboxylic acids is 1. The van der Waals surface area contributed by atoms with Gasteiger partial charge in [0.25, 0.3) is 0 Å². The zero-order chi connectivity index (χ0) is 8.15. The molecule has 58 valence electrons. The van der Waals surface area contributed by atoms with Crippen LogP contribution in [0.5, 0.6) is 0 Å². The minimum atomic E-state index is -0.0810. The number of nitrogens with one attached hydrogen (secondary N) is 1. The average Bonchev–Trinajstić information content (AvgIpc) is 1.88. The molecular weight excluding hydrogens is 128 g/mol. The molecule has 0 aromatic carbocycles. The summed E-state index contributed by atoms with van der Waals surface area (Å²) in [6.07, 6.45) is 0.683. The number of likely N-dealkylation sites (N-methyl/N-ethyl adjacent to an activating group) is 1. The molecule has 10 heavy (non-hydrogen) atoms. The van der Waals surface area contributed by atoms with E-state index in [1.807, 2.05) is 6.92 Å². The predicted molar refractivity (Wildman–Crippen MR) is 41.2 cm³/mol. The topological polar surface area (TPSA) is 55.1 Å². The van der Waals surface area contributed by atoms with E-state index >= 15 is 0 Å². The zero-order valence-corrected chi connectivity index (χ0v) is 6.69. The molecule has 0 rings (SSSR count). The summed E-state index contributed by atoms with van der Waals surface area (Å²) in [5.41, 5.74) is 6.71. The molecule has 0 aromatic heterocycles. The average molecular weight is 142 g/mol. The van der Waals surface area contributed by atoms with E-state index in [0.717, 1.165) is 0 Å². The molecule has 1 amide bonds. The summed E-state index contributed by atoms with van der Waals surface area (Å²) >= 11 is 0. The molecule has 0 aliphatic heterocycles. The van der Waals surface area contributed by atoms with Crippen molar-refractivity contribution in [3.63, 3.8) is 0 Å². The van der Waals surface area contributed by atoms with Crippen molar-refractivity contribution in [2.45, 2.75) is 20.3 Å². The lowest BCUT2D eigenvalue weighted by atomic mass is 10.1. The summed E-state index contributed by atoms with van der Waals surface area (Å²) in [4.78, 5) is 10.9. The summed E-state index contributed by atoms with van der Waals surface area (Å²) in [5, 5.41) is 2.52. The second-order valence-corrected chi connectivity index (χ2v) is 2.09. The fraction of sp³-hybridized carbons (Fsp3) is 0.571. The maximum atomic E-state index is 10.9. The molecule has 0 fully saturated rings. The minimum Gasteiger partial charge on any atom is -0.402 e. The third-order valence-electron chi connectivity index (χ3n) is 1.33. The first-order valence-electron chi connectivity index (χ1n) is 3.30. The van der Waals surface area contributed by atoms with Crippen molar-refractivity contribution >= 4 is 5.91 Å². The molecule has 0 radical (unpaired) electrons. The number of hydrogen-bond acceptors (Lipinski definition) is 2. The van der Waals surface area contributed by atoms with Gasteiger partial charge in [0.15, 0.2) is 0 Å². The van der Waals surface area contributed by atoms with Crippen molar-refractivity contribution in [3.05, 3.63) is 11.3 Å². The third-order valence-corrected chi connectivity index (χ3v) is 1.33. The first-order valence-corrected chi connectivity index (χ1v) is 3.30. The van der Waals surface area contributed by atoms with Crippen LogP contribution in [0, 0.1) is 0 Å². The summed E-state index contributed by atoms with van der Waals surface area (Å²) in [6, 6.07) is 0. The predicted octanol–water partition coefficient (Wildman–Crippen LogP) is 0.375. The van der Waals surface area contributed by atoms with Gasteiger partial charge in [0.05, 0.1) is 0 Å². The van der Waals surface area contributed by atoms with Crippen molar-refractivity contribution in [2.75, 3.05) is 7.05 Å². The fourth-order valence-electron chi connectivity index (χ4n) is 0.769. The van der Waals surface area contributed by atoms with E-state index < -0.39 is 0 Å². The Hall–Kier alpha value is -0.990. The van der Waals surface area contributed by atoms with E-state index in [1.165, 1.54) is 0 Å². The monoisotopic (exact) mass is 142 g/mol. The summed E-state index contributed by atoms with van der Waals surface area (Å²) in [6.45, 7) is 3.63. The number of rotatable bonds is 2. The van der Waals surface area contributed by atoms with Gasteiger partial charge in [-0.2, -0.15) is 0 Å². The van der Waals surface area contributed by atoms with Gasteiger partial charge in [-0.25, -0.2) is 0 Å². The van der Waals surface area contributed by atoms with Crippen LogP contribution >= 0.6 is 0 Å². The third kappa shape index (κ3) is 2.09. The van der Waals surface area contributed by atoms with E-state index in [2.05, 4.69) is 5.32 Å². The number of nitrogens with two attached hydrogens (primary N) is 1. The summed E-state index contributed by atoms with van der Waals surface area (Å²) in [7, 11) is 1.60. The quantitative estimate of drug-likeness (QED) is 0.547. The Morgan fingerprint density at radius 1 is 1.60 bits per heavy atom. The van der Waals surface area contributed by atoms with Crippen LogP contribution in [0.1, 0.15) is 20.3 Å². The maximum Gasteiger partial charge on any atom is 0.248 e. The first kappa shape index (κ1) is 9.01. The minimum absolute atomic E-state index is 0.0810. The highest BCUT2D eigenvalue weighted by atomic mass is 16.1. The molecule has 0 unspecified atom stereocenters. The smallest absolute Gasteiger partial charge is 0.248 e. The van der Waals surface area contributed by atoms with E-state index in [0.29, 0.717) is 17.7 Å². The van der Waals surface area contributed by atoms with Crippen molar-refractivity contribution in [1.82, 2.24) is 5.32 Å². The van der Waals surface area contributed by atoms with Gasteiger partial charge < -0.3 is 11.1 Å². The molecule has 0 saturated heterocycles. The molecule has 0 heterocycles. The van der Waals surface area contributed by atoms with E-state index in [-0.39, 0.29) is 5.91 Å². The van der Waals surface area contributed by atoms with Crippen LogP contribution in [0.15, 0.2) is 11.3 Å². The molecule has 0 saturated carbocycles. The van der Waals surface area contributed by atoms with Gasteiger partial charge in [-0.3, -0.25) is 4.79 Å². The lowest BCUT2D eigenvalue weighted by Gasteiger charge is -2.03. The Morgan fingerprint density at radius 2 is 2.10 bits per heavy atom. The second-order valence-electron chi connectivity index (χ2n) is 2.09. The van der Waals surface area contributed by atoms with Crippen LogP contribution in [0.25, 0.3) is 0 Å². The molecule has 0 spiro atoms. The number of allylic oxidation sites excluding steroid dienone is 1. The molecule has 3 heteroatoms. The van der Waals surface area contributed by atoms with E-state index in [9.17, 15) is 4.79 Å². The number of carbonyl (C=O) groups is 1. The van der Waals surface area contributed by atoms with Crippen LogP contribution in [0.4, 0.5) is 0 Å². The summed E-state index contributed by atoms with van der Waals surface area (Å²) in [5.74, 6) is -0.0810. The molecule has 0 bridgehead atoms. The Kier molecular flexibility index (Phi) is 3.54. The van der Waals surface area contributed by atoms with Crippen molar-refractivity contribution in [2.24, 2.45) is 5.73 Å².